The van der Waals surface area contributed by atoms with Crippen molar-refractivity contribution in [3.05, 3.63) is 12.4 Å². The molecule has 3 N–H and O–H groups in total. The van der Waals surface area contributed by atoms with Crippen LogP contribution in [-0.4, -0.2) is 36.1 Å². The lowest BCUT2D eigenvalue weighted by molar-refractivity contribution is 0.671. The van der Waals surface area contributed by atoms with Crippen LogP contribution in [0.4, 0.5) is 11.6 Å². The normalized spacial score (nSPS) is 20.7. The van der Waals surface area contributed by atoms with Crippen LogP contribution >= 0.6 is 0 Å². The minimum absolute atomic E-state index is 0.435. The van der Waals surface area contributed by atoms with Gasteiger partial charge in [-0.1, -0.05) is 0 Å². The molecular formula is C10H17N5. The van der Waals surface area contributed by atoms with Crippen LogP contribution in [0.2, 0.25) is 0 Å². The maximum Gasteiger partial charge on any atom is 0.134 e. The van der Waals surface area contributed by atoms with Crippen molar-refractivity contribution in [2.75, 3.05) is 30.4 Å². The second kappa shape index (κ2) is 4.44. The fourth-order valence-corrected chi connectivity index (χ4v) is 2.02. The standard InChI is InChI=1S/C10H17N5/c1-12-9-5-10(14-7-13-9)15-4-2-3-8(15)6-11/h5,7-8H,2-4,6,11H2,1H3,(H,12,13,14). The van der Waals surface area contributed by atoms with E-state index in [2.05, 4.69) is 20.2 Å². The van der Waals surface area contributed by atoms with Gasteiger partial charge in [-0.3, -0.25) is 0 Å². The molecule has 1 aromatic rings. The Morgan fingerprint density at radius 1 is 1.60 bits per heavy atom. The number of nitrogens with one attached hydrogen (secondary N) is 1. The average molecular weight is 207 g/mol. The lowest BCUT2D eigenvalue weighted by atomic mass is 10.2. The van der Waals surface area contributed by atoms with Gasteiger partial charge in [0.2, 0.25) is 0 Å². The third-order valence-electron chi connectivity index (χ3n) is 2.85. The van der Waals surface area contributed by atoms with E-state index >= 15 is 0 Å². The van der Waals surface area contributed by atoms with E-state index in [1.54, 1.807) is 6.33 Å². The SMILES string of the molecule is CNc1cc(N2CCCC2CN)ncn1. The molecule has 2 rings (SSSR count). The maximum atomic E-state index is 5.73. The van der Waals surface area contributed by atoms with Crippen molar-refractivity contribution in [3.63, 3.8) is 0 Å². The van der Waals surface area contributed by atoms with Gasteiger partial charge in [-0.2, -0.15) is 0 Å². The smallest absolute Gasteiger partial charge is 0.134 e. The van der Waals surface area contributed by atoms with Gasteiger partial charge in [0.25, 0.3) is 0 Å². The molecule has 5 heteroatoms. The molecule has 1 atom stereocenters. The number of rotatable bonds is 3. The molecule has 0 radical (unpaired) electrons. The van der Waals surface area contributed by atoms with E-state index in [0.717, 1.165) is 24.6 Å². The summed E-state index contributed by atoms with van der Waals surface area (Å²) in [4.78, 5) is 10.7. The molecule has 82 valence electrons. The largest absolute Gasteiger partial charge is 0.373 e. The van der Waals surface area contributed by atoms with Crippen LogP contribution in [-0.2, 0) is 0 Å². The minimum atomic E-state index is 0.435. The Morgan fingerprint density at radius 2 is 2.47 bits per heavy atom. The summed E-state index contributed by atoms with van der Waals surface area (Å²) < 4.78 is 0. The van der Waals surface area contributed by atoms with E-state index in [9.17, 15) is 0 Å². The van der Waals surface area contributed by atoms with Crippen molar-refractivity contribution in [1.82, 2.24) is 9.97 Å². The van der Waals surface area contributed by atoms with Gasteiger partial charge in [-0.25, -0.2) is 9.97 Å². The number of nitrogens with zero attached hydrogens (tertiary/aromatic N) is 3. The van der Waals surface area contributed by atoms with Crippen LogP contribution < -0.4 is 16.0 Å². The van der Waals surface area contributed by atoms with Crippen LogP contribution in [0.25, 0.3) is 0 Å². The molecule has 5 nitrogen and oxygen atoms in total. The fourth-order valence-electron chi connectivity index (χ4n) is 2.02. The molecule has 1 fully saturated rings. The predicted molar refractivity (Wildman–Crippen MR) is 61.0 cm³/mol. The number of hydrogen-bond acceptors (Lipinski definition) is 5. The van der Waals surface area contributed by atoms with Crippen molar-refractivity contribution in [2.24, 2.45) is 5.73 Å². The Morgan fingerprint density at radius 3 is 3.20 bits per heavy atom. The monoisotopic (exact) mass is 207 g/mol. The molecule has 15 heavy (non-hydrogen) atoms. The quantitative estimate of drug-likeness (QED) is 0.753. The van der Waals surface area contributed by atoms with Crippen molar-refractivity contribution in [3.8, 4) is 0 Å². The molecule has 0 saturated carbocycles. The van der Waals surface area contributed by atoms with Crippen LogP contribution in [0.3, 0.4) is 0 Å². The number of hydrogen-bond donors (Lipinski definition) is 2. The Kier molecular flexibility index (Phi) is 3.01. The first-order chi connectivity index (χ1) is 7.35. The third-order valence-corrected chi connectivity index (χ3v) is 2.85. The van der Waals surface area contributed by atoms with Crippen molar-refractivity contribution in [1.29, 1.82) is 0 Å². The summed E-state index contributed by atoms with van der Waals surface area (Å²) in [7, 11) is 1.86. The molecule has 1 unspecified atom stereocenters. The molecule has 1 aromatic heterocycles. The summed E-state index contributed by atoms with van der Waals surface area (Å²) in [6.07, 6.45) is 3.95. The van der Waals surface area contributed by atoms with Gasteiger partial charge in [-0.05, 0) is 12.8 Å². The van der Waals surface area contributed by atoms with E-state index < -0.39 is 0 Å². The number of aromatic nitrogens is 2. The van der Waals surface area contributed by atoms with Crippen molar-refractivity contribution in [2.45, 2.75) is 18.9 Å². The van der Waals surface area contributed by atoms with Gasteiger partial charge in [0, 0.05) is 32.2 Å². The Bertz CT molecular complexity index is 327. The first kappa shape index (κ1) is 10.2. The second-order valence-corrected chi connectivity index (χ2v) is 3.74. The van der Waals surface area contributed by atoms with E-state index in [0.29, 0.717) is 12.6 Å². The van der Waals surface area contributed by atoms with Gasteiger partial charge in [0.1, 0.15) is 18.0 Å². The van der Waals surface area contributed by atoms with Crippen molar-refractivity contribution >= 4 is 11.6 Å². The Balaban J connectivity index is 2.20. The van der Waals surface area contributed by atoms with E-state index in [1.807, 2.05) is 13.1 Å². The summed E-state index contributed by atoms with van der Waals surface area (Å²) in [5, 5.41) is 3.01. The van der Waals surface area contributed by atoms with Gasteiger partial charge >= 0.3 is 0 Å². The van der Waals surface area contributed by atoms with Crippen LogP contribution in [0.5, 0.6) is 0 Å². The number of nitrogens with two attached hydrogens (primary N) is 1. The molecule has 1 saturated heterocycles. The zero-order valence-corrected chi connectivity index (χ0v) is 8.98. The lowest BCUT2D eigenvalue weighted by Crippen LogP contribution is -2.35. The van der Waals surface area contributed by atoms with Gasteiger partial charge < -0.3 is 16.0 Å². The predicted octanol–water partition coefficient (Wildman–Crippen LogP) is 0.446. The topological polar surface area (TPSA) is 67.1 Å². The van der Waals surface area contributed by atoms with Gasteiger partial charge in [-0.15, -0.1) is 0 Å². The molecular weight excluding hydrogens is 190 g/mol. The second-order valence-electron chi connectivity index (χ2n) is 3.74. The molecule has 2 heterocycles. The first-order valence-electron chi connectivity index (χ1n) is 5.31. The molecule has 0 spiro atoms. The van der Waals surface area contributed by atoms with Crippen molar-refractivity contribution < 1.29 is 0 Å². The first-order valence-corrected chi connectivity index (χ1v) is 5.31. The summed E-state index contributed by atoms with van der Waals surface area (Å²) in [6.45, 7) is 1.74. The zero-order valence-electron chi connectivity index (χ0n) is 8.98. The molecule has 0 aromatic carbocycles. The van der Waals surface area contributed by atoms with Crippen LogP contribution in [0.1, 0.15) is 12.8 Å². The zero-order chi connectivity index (χ0) is 10.7. The Hall–Kier alpha value is -1.36. The van der Waals surface area contributed by atoms with Gasteiger partial charge in [0.15, 0.2) is 0 Å². The van der Waals surface area contributed by atoms with Gasteiger partial charge in [0.05, 0.1) is 0 Å². The molecule has 0 amide bonds. The highest BCUT2D eigenvalue weighted by Gasteiger charge is 2.24. The minimum Gasteiger partial charge on any atom is -0.373 e. The highest BCUT2D eigenvalue weighted by molar-refractivity contribution is 5.49. The summed E-state index contributed by atoms with van der Waals surface area (Å²) in [5.74, 6) is 1.82. The molecule has 0 aliphatic carbocycles. The highest BCUT2D eigenvalue weighted by atomic mass is 15.2. The van der Waals surface area contributed by atoms with E-state index in [4.69, 9.17) is 5.73 Å². The highest BCUT2D eigenvalue weighted by Crippen LogP contribution is 2.23. The third kappa shape index (κ3) is 2.02. The summed E-state index contributed by atoms with van der Waals surface area (Å²) in [5.41, 5.74) is 5.73. The van der Waals surface area contributed by atoms with E-state index in [1.165, 1.54) is 6.42 Å². The summed E-state index contributed by atoms with van der Waals surface area (Å²) in [6, 6.07) is 2.40. The lowest BCUT2D eigenvalue weighted by Gasteiger charge is -2.24. The summed E-state index contributed by atoms with van der Waals surface area (Å²) >= 11 is 0. The maximum absolute atomic E-state index is 5.73. The van der Waals surface area contributed by atoms with Crippen LogP contribution in [0.15, 0.2) is 12.4 Å². The molecule has 0 bridgehead atoms. The average Bonchev–Trinajstić information content (AvgIpc) is 2.77. The fraction of sp³-hybridized carbons (Fsp3) is 0.600. The molecule has 1 aliphatic heterocycles. The van der Waals surface area contributed by atoms with Crippen LogP contribution in [0, 0.1) is 0 Å². The molecule has 1 aliphatic rings. The van der Waals surface area contributed by atoms with E-state index in [-0.39, 0.29) is 0 Å². The Labute approximate surface area is 89.7 Å². The number of anilines is 2.